The van der Waals surface area contributed by atoms with Crippen LogP contribution in [0.5, 0.6) is 0 Å². The van der Waals surface area contributed by atoms with E-state index in [1.165, 1.54) is 16.9 Å². The van der Waals surface area contributed by atoms with Crippen LogP contribution >= 0.6 is 11.3 Å². The molecule has 0 saturated carbocycles. The molecule has 2 aromatic carbocycles. The van der Waals surface area contributed by atoms with Crippen LogP contribution in [0.2, 0.25) is 0 Å². The first kappa shape index (κ1) is 14.7. The Hall–Kier alpha value is -1.89. The summed E-state index contributed by atoms with van der Waals surface area (Å²) in [6.07, 6.45) is 0.985. The molecule has 2 N–H and O–H groups in total. The average molecular weight is 344 g/mol. The number of benzene rings is 2. The first-order chi connectivity index (χ1) is 11.1. The Morgan fingerprint density at radius 1 is 1.04 bits per heavy atom. The van der Waals surface area contributed by atoms with Gasteiger partial charge in [-0.2, -0.15) is 0 Å². The van der Waals surface area contributed by atoms with Crippen LogP contribution in [0.25, 0.3) is 10.1 Å². The molecule has 118 valence electrons. The topological polar surface area (TPSA) is 58.2 Å². The van der Waals surface area contributed by atoms with Gasteiger partial charge in [-0.25, -0.2) is 8.42 Å². The quantitative estimate of drug-likeness (QED) is 0.766. The number of hydrogen-bond donors (Lipinski definition) is 2. The smallest absolute Gasteiger partial charge is 0.271 e. The molecule has 0 aliphatic carbocycles. The Morgan fingerprint density at radius 3 is 2.78 bits per heavy atom. The SMILES string of the molecule is O=S(=O)(Nc1ccc2c(c1)CNCC2)c1cc2ccccc2s1. The molecule has 3 aromatic rings. The Bertz CT molecular complexity index is 944. The second-order valence-electron chi connectivity index (χ2n) is 5.62. The van der Waals surface area contributed by atoms with Gasteiger partial charge >= 0.3 is 0 Å². The van der Waals surface area contributed by atoms with Crippen LogP contribution in [-0.2, 0) is 23.0 Å². The number of fused-ring (bicyclic) bond motifs is 2. The van der Waals surface area contributed by atoms with Crippen molar-refractivity contribution in [3.8, 4) is 0 Å². The summed E-state index contributed by atoms with van der Waals surface area (Å²) in [6, 6.07) is 15.2. The fourth-order valence-corrected chi connectivity index (χ4v) is 5.29. The van der Waals surface area contributed by atoms with E-state index in [0.717, 1.165) is 35.2 Å². The van der Waals surface area contributed by atoms with Crippen LogP contribution in [0.4, 0.5) is 5.69 Å². The van der Waals surface area contributed by atoms with Gasteiger partial charge in [0.2, 0.25) is 0 Å². The third-order valence-corrected chi connectivity index (χ3v) is 6.98. The number of hydrogen-bond acceptors (Lipinski definition) is 4. The van der Waals surface area contributed by atoms with Gasteiger partial charge in [-0.15, -0.1) is 11.3 Å². The lowest BCUT2D eigenvalue weighted by atomic mass is 10.0. The van der Waals surface area contributed by atoms with Crippen molar-refractivity contribution in [1.82, 2.24) is 5.32 Å². The average Bonchev–Trinajstić information content (AvgIpc) is 2.99. The maximum absolute atomic E-state index is 12.6. The third kappa shape index (κ3) is 2.85. The van der Waals surface area contributed by atoms with Gasteiger partial charge in [0.05, 0.1) is 0 Å². The summed E-state index contributed by atoms with van der Waals surface area (Å²) in [5.41, 5.74) is 3.06. The predicted molar refractivity (Wildman–Crippen MR) is 94.5 cm³/mol. The Kier molecular flexibility index (Phi) is 3.60. The molecule has 6 heteroatoms. The second kappa shape index (κ2) is 5.63. The normalized spacial score (nSPS) is 14.6. The molecule has 0 bridgehead atoms. The molecule has 1 aliphatic rings. The summed E-state index contributed by atoms with van der Waals surface area (Å²) in [5, 5.41) is 4.26. The van der Waals surface area contributed by atoms with Gasteiger partial charge in [0.25, 0.3) is 10.0 Å². The number of anilines is 1. The molecule has 0 fully saturated rings. The highest BCUT2D eigenvalue weighted by Gasteiger charge is 2.18. The number of sulfonamides is 1. The zero-order valence-corrected chi connectivity index (χ0v) is 14.0. The number of rotatable bonds is 3. The van der Waals surface area contributed by atoms with Crippen LogP contribution in [0.15, 0.2) is 52.7 Å². The van der Waals surface area contributed by atoms with Crippen molar-refractivity contribution >= 4 is 37.1 Å². The molecule has 1 aromatic heterocycles. The van der Waals surface area contributed by atoms with Crippen molar-refractivity contribution in [1.29, 1.82) is 0 Å². The van der Waals surface area contributed by atoms with E-state index >= 15 is 0 Å². The summed E-state index contributed by atoms with van der Waals surface area (Å²) in [6.45, 7) is 1.76. The molecule has 0 amide bonds. The Labute approximate surface area is 139 Å². The molecule has 0 unspecified atom stereocenters. The second-order valence-corrected chi connectivity index (χ2v) is 8.61. The van der Waals surface area contributed by atoms with Gasteiger partial charge in [-0.05, 0) is 53.7 Å². The van der Waals surface area contributed by atoms with Crippen molar-refractivity contribution in [2.24, 2.45) is 0 Å². The van der Waals surface area contributed by atoms with Crippen LogP contribution in [0.1, 0.15) is 11.1 Å². The molecular weight excluding hydrogens is 328 g/mol. The van der Waals surface area contributed by atoms with Crippen molar-refractivity contribution in [2.75, 3.05) is 11.3 Å². The molecule has 4 rings (SSSR count). The van der Waals surface area contributed by atoms with Gasteiger partial charge in [0.15, 0.2) is 0 Å². The summed E-state index contributed by atoms with van der Waals surface area (Å²) in [7, 11) is -3.55. The molecule has 0 spiro atoms. The van der Waals surface area contributed by atoms with Crippen molar-refractivity contribution in [3.05, 3.63) is 59.7 Å². The van der Waals surface area contributed by atoms with Gasteiger partial charge in [-0.3, -0.25) is 4.72 Å². The molecular formula is C17H16N2O2S2. The molecule has 0 atom stereocenters. The lowest BCUT2D eigenvalue weighted by molar-refractivity contribution is 0.603. The summed E-state index contributed by atoms with van der Waals surface area (Å²) < 4.78 is 29.3. The van der Waals surface area contributed by atoms with E-state index in [-0.39, 0.29) is 0 Å². The molecule has 23 heavy (non-hydrogen) atoms. The predicted octanol–water partition coefficient (Wildman–Crippen LogP) is 3.35. The van der Waals surface area contributed by atoms with E-state index in [2.05, 4.69) is 10.0 Å². The lowest BCUT2D eigenvalue weighted by Crippen LogP contribution is -2.23. The summed E-state index contributed by atoms with van der Waals surface area (Å²) in [4.78, 5) is 0. The van der Waals surface area contributed by atoms with E-state index in [9.17, 15) is 8.42 Å². The molecule has 0 saturated heterocycles. The summed E-state index contributed by atoms with van der Waals surface area (Å²) in [5.74, 6) is 0. The standard InChI is InChI=1S/C17H16N2O2S2/c20-23(21,17-10-13-3-1-2-4-16(13)22-17)19-15-6-5-12-7-8-18-11-14(12)9-15/h1-6,9-10,18-19H,7-8,11H2. The maximum Gasteiger partial charge on any atom is 0.271 e. The monoisotopic (exact) mass is 344 g/mol. The van der Waals surface area contributed by atoms with Gasteiger partial charge in [0, 0.05) is 16.9 Å². The van der Waals surface area contributed by atoms with E-state index in [4.69, 9.17) is 0 Å². The van der Waals surface area contributed by atoms with Crippen LogP contribution in [-0.4, -0.2) is 15.0 Å². The fourth-order valence-electron chi connectivity index (χ4n) is 2.84. The van der Waals surface area contributed by atoms with E-state index < -0.39 is 10.0 Å². The van der Waals surface area contributed by atoms with Crippen LogP contribution < -0.4 is 10.0 Å². The highest BCUT2D eigenvalue weighted by Crippen LogP contribution is 2.30. The Balaban J connectivity index is 1.66. The molecule has 2 heterocycles. The molecule has 0 radical (unpaired) electrons. The fraction of sp³-hybridized carbons (Fsp3) is 0.176. The van der Waals surface area contributed by atoms with Gasteiger partial charge < -0.3 is 5.32 Å². The Morgan fingerprint density at radius 2 is 1.91 bits per heavy atom. The van der Waals surface area contributed by atoms with E-state index in [1.807, 2.05) is 42.5 Å². The van der Waals surface area contributed by atoms with Gasteiger partial charge in [-0.1, -0.05) is 24.3 Å². The van der Waals surface area contributed by atoms with E-state index in [0.29, 0.717) is 9.90 Å². The highest BCUT2D eigenvalue weighted by molar-refractivity contribution is 7.94. The van der Waals surface area contributed by atoms with Gasteiger partial charge in [0.1, 0.15) is 4.21 Å². The first-order valence-corrected chi connectivity index (χ1v) is 9.76. The highest BCUT2D eigenvalue weighted by atomic mass is 32.2. The van der Waals surface area contributed by atoms with Crippen molar-refractivity contribution in [2.45, 2.75) is 17.2 Å². The minimum atomic E-state index is -3.55. The third-order valence-electron chi connectivity index (χ3n) is 4.01. The zero-order chi connectivity index (χ0) is 15.9. The molecule has 4 nitrogen and oxygen atoms in total. The maximum atomic E-state index is 12.6. The zero-order valence-electron chi connectivity index (χ0n) is 12.4. The first-order valence-electron chi connectivity index (χ1n) is 7.46. The lowest BCUT2D eigenvalue weighted by Gasteiger charge is -2.18. The van der Waals surface area contributed by atoms with Crippen molar-refractivity contribution in [3.63, 3.8) is 0 Å². The van der Waals surface area contributed by atoms with Crippen molar-refractivity contribution < 1.29 is 8.42 Å². The van der Waals surface area contributed by atoms with Crippen LogP contribution in [0.3, 0.4) is 0 Å². The minimum absolute atomic E-state index is 0.342. The minimum Gasteiger partial charge on any atom is -0.312 e. The molecule has 1 aliphatic heterocycles. The van der Waals surface area contributed by atoms with Crippen LogP contribution in [0, 0.1) is 0 Å². The number of nitrogens with one attached hydrogen (secondary N) is 2. The van der Waals surface area contributed by atoms with E-state index in [1.54, 1.807) is 6.07 Å². The summed E-state index contributed by atoms with van der Waals surface area (Å²) >= 11 is 1.29. The number of thiophene rings is 1. The largest absolute Gasteiger partial charge is 0.312 e.